The molecule has 0 aromatic carbocycles. The summed E-state index contributed by atoms with van der Waals surface area (Å²) >= 11 is 0. The van der Waals surface area contributed by atoms with Gasteiger partial charge in [0.25, 0.3) is 0 Å². The largest absolute Gasteiger partial charge is 0.381 e. The summed E-state index contributed by atoms with van der Waals surface area (Å²) in [5.41, 5.74) is 0. The molecule has 27 heavy (non-hydrogen) atoms. The molecule has 0 aromatic heterocycles. The summed E-state index contributed by atoms with van der Waals surface area (Å²) in [6, 6.07) is 0. The zero-order valence-corrected chi connectivity index (χ0v) is 19.9. The van der Waals surface area contributed by atoms with Crippen molar-refractivity contribution in [3.8, 4) is 0 Å². The lowest BCUT2D eigenvalue weighted by atomic mass is 9.86. The van der Waals surface area contributed by atoms with Crippen molar-refractivity contribution >= 4 is 40.0 Å². The maximum absolute atomic E-state index is 12.1. The highest BCUT2D eigenvalue weighted by Crippen LogP contribution is 2.25. The summed E-state index contributed by atoms with van der Waals surface area (Å²) in [6.07, 6.45) is 6.89. The molecular formula is C18H37IN4O3S. The predicted molar refractivity (Wildman–Crippen MR) is 121 cm³/mol. The van der Waals surface area contributed by atoms with Gasteiger partial charge in [0.15, 0.2) is 5.96 Å². The van der Waals surface area contributed by atoms with Crippen molar-refractivity contribution < 1.29 is 13.2 Å². The van der Waals surface area contributed by atoms with E-state index in [9.17, 15) is 8.42 Å². The highest BCUT2D eigenvalue weighted by molar-refractivity contribution is 14.0. The van der Waals surface area contributed by atoms with Crippen molar-refractivity contribution in [2.24, 2.45) is 16.8 Å². The molecule has 1 aliphatic heterocycles. The van der Waals surface area contributed by atoms with Crippen LogP contribution in [0.25, 0.3) is 0 Å². The van der Waals surface area contributed by atoms with Crippen LogP contribution in [0.1, 0.15) is 45.4 Å². The lowest BCUT2D eigenvalue weighted by Crippen LogP contribution is -2.40. The molecule has 1 heterocycles. The smallest absolute Gasteiger partial charge is 0.213 e. The Morgan fingerprint density at radius 3 is 2.48 bits per heavy atom. The van der Waals surface area contributed by atoms with Crippen LogP contribution in [0.3, 0.4) is 0 Å². The van der Waals surface area contributed by atoms with Crippen LogP contribution in [0.2, 0.25) is 0 Å². The Kier molecular flexibility index (Phi) is 12.1. The van der Waals surface area contributed by atoms with Gasteiger partial charge < -0.3 is 15.0 Å². The molecule has 0 spiro atoms. The molecule has 2 fully saturated rings. The topological polar surface area (TPSA) is 83.0 Å². The average molecular weight is 516 g/mol. The highest BCUT2D eigenvalue weighted by atomic mass is 127. The summed E-state index contributed by atoms with van der Waals surface area (Å²) in [4.78, 5) is 6.62. The van der Waals surface area contributed by atoms with E-state index in [-0.39, 0.29) is 36.3 Å². The number of halogens is 1. The fraction of sp³-hybridized carbons (Fsp3) is 0.944. The summed E-state index contributed by atoms with van der Waals surface area (Å²) < 4.78 is 32.3. The molecule has 0 aromatic rings. The van der Waals surface area contributed by atoms with E-state index in [1.54, 1.807) is 0 Å². The molecule has 0 atom stereocenters. The maximum Gasteiger partial charge on any atom is 0.213 e. The monoisotopic (exact) mass is 516 g/mol. The van der Waals surface area contributed by atoms with Crippen LogP contribution in [-0.2, 0) is 14.8 Å². The summed E-state index contributed by atoms with van der Waals surface area (Å²) in [6.45, 7) is 6.32. The third-order valence-corrected chi connectivity index (χ3v) is 6.67. The third-order valence-electron chi connectivity index (χ3n) is 5.35. The van der Waals surface area contributed by atoms with E-state index in [1.165, 1.54) is 6.42 Å². The molecule has 2 rings (SSSR count). The maximum atomic E-state index is 12.1. The molecule has 1 aliphatic carbocycles. The Balaban J connectivity index is 0.00000364. The third kappa shape index (κ3) is 9.76. The Hall–Kier alpha value is -0.130. The summed E-state index contributed by atoms with van der Waals surface area (Å²) in [7, 11) is -1.22. The van der Waals surface area contributed by atoms with Crippen LogP contribution in [0, 0.1) is 11.8 Å². The van der Waals surface area contributed by atoms with Gasteiger partial charge in [0.05, 0.1) is 12.3 Å². The number of hydrogen-bond acceptors (Lipinski definition) is 4. The standard InChI is InChI=1S/C18H36N4O3S.HI/c1-3-19-18(22(2)11-7-16-8-12-25-13-9-16)20-10-14-26(23,24)21-15-17-5-4-6-17;/h16-17,21H,3-15H2,1-2H3,(H,19,20);1H. The van der Waals surface area contributed by atoms with E-state index in [0.29, 0.717) is 18.4 Å². The van der Waals surface area contributed by atoms with Gasteiger partial charge in [-0.25, -0.2) is 13.1 Å². The number of hydrogen-bond donors (Lipinski definition) is 2. The molecular weight excluding hydrogens is 479 g/mol. The van der Waals surface area contributed by atoms with E-state index in [1.807, 2.05) is 14.0 Å². The number of aliphatic imine (C=N–C) groups is 1. The summed E-state index contributed by atoms with van der Waals surface area (Å²) in [5, 5.41) is 3.26. The van der Waals surface area contributed by atoms with E-state index < -0.39 is 10.0 Å². The minimum Gasteiger partial charge on any atom is -0.381 e. The van der Waals surface area contributed by atoms with Gasteiger partial charge in [-0.2, -0.15) is 0 Å². The van der Waals surface area contributed by atoms with Crippen LogP contribution in [0.5, 0.6) is 0 Å². The summed E-state index contributed by atoms with van der Waals surface area (Å²) in [5.74, 6) is 2.07. The van der Waals surface area contributed by atoms with Crippen LogP contribution >= 0.6 is 24.0 Å². The minimum atomic E-state index is -3.24. The van der Waals surface area contributed by atoms with Gasteiger partial charge in [-0.1, -0.05) is 6.42 Å². The molecule has 2 aliphatic rings. The van der Waals surface area contributed by atoms with E-state index in [4.69, 9.17) is 4.74 Å². The molecule has 0 amide bonds. The van der Waals surface area contributed by atoms with Gasteiger partial charge in [-0.05, 0) is 50.9 Å². The van der Waals surface area contributed by atoms with Crippen LogP contribution < -0.4 is 10.0 Å². The fourth-order valence-electron chi connectivity index (χ4n) is 3.27. The molecule has 9 heteroatoms. The predicted octanol–water partition coefficient (Wildman–Crippen LogP) is 2.04. The van der Waals surface area contributed by atoms with Gasteiger partial charge in [0.2, 0.25) is 10.0 Å². The first-order valence-electron chi connectivity index (χ1n) is 10.0. The zero-order valence-electron chi connectivity index (χ0n) is 16.8. The van der Waals surface area contributed by atoms with E-state index >= 15 is 0 Å². The first-order chi connectivity index (χ1) is 12.5. The molecule has 0 bridgehead atoms. The van der Waals surface area contributed by atoms with E-state index in [0.717, 1.165) is 64.4 Å². The SMILES string of the molecule is CCNC(=NCCS(=O)(=O)NCC1CCC1)N(C)CCC1CCOCC1.I. The minimum absolute atomic E-state index is 0. The first-order valence-corrected chi connectivity index (χ1v) is 11.7. The Morgan fingerprint density at radius 1 is 1.19 bits per heavy atom. The zero-order chi connectivity index (χ0) is 18.8. The molecule has 7 nitrogen and oxygen atoms in total. The molecule has 0 radical (unpaired) electrons. The number of rotatable bonds is 10. The molecule has 1 saturated heterocycles. The van der Waals surface area contributed by atoms with Crippen LogP contribution in [0.15, 0.2) is 4.99 Å². The van der Waals surface area contributed by atoms with Crippen molar-refractivity contribution in [1.82, 2.24) is 14.9 Å². The second-order valence-electron chi connectivity index (χ2n) is 7.47. The molecule has 160 valence electrons. The quantitative estimate of drug-likeness (QED) is 0.264. The second-order valence-corrected chi connectivity index (χ2v) is 9.39. The number of guanidine groups is 1. The fourth-order valence-corrected chi connectivity index (χ4v) is 4.24. The number of nitrogens with one attached hydrogen (secondary N) is 2. The van der Waals surface area contributed by atoms with Crippen molar-refractivity contribution in [3.63, 3.8) is 0 Å². The van der Waals surface area contributed by atoms with Crippen LogP contribution in [-0.4, -0.2) is 71.5 Å². The lowest BCUT2D eigenvalue weighted by Gasteiger charge is -2.27. The Labute approximate surface area is 182 Å². The number of sulfonamides is 1. The van der Waals surface area contributed by atoms with Gasteiger partial charge in [-0.15, -0.1) is 24.0 Å². The number of ether oxygens (including phenoxy) is 1. The second kappa shape index (κ2) is 13.2. The van der Waals surface area contributed by atoms with Gasteiger partial charge in [0, 0.05) is 39.9 Å². The van der Waals surface area contributed by atoms with Gasteiger partial charge >= 0.3 is 0 Å². The van der Waals surface area contributed by atoms with E-state index in [2.05, 4.69) is 19.9 Å². The van der Waals surface area contributed by atoms with Crippen molar-refractivity contribution in [1.29, 1.82) is 0 Å². The van der Waals surface area contributed by atoms with Crippen molar-refractivity contribution in [2.75, 3.05) is 52.2 Å². The number of nitrogens with zero attached hydrogens (tertiary/aromatic N) is 2. The average Bonchev–Trinajstić information content (AvgIpc) is 2.58. The molecule has 2 N–H and O–H groups in total. The van der Waals surface area contributed by atoms with Crippen molar-refractivity contribution in [2.45, 2.75) is 45.4 Å². The molecule has 1 saturated carbocycles. The first kappa shape index (κ1) is 24.9. The Morgan fingerprint density at radius 2 is 1.89 bits per heavy atom. The molecule has 0 unspecified atom stereocenters. The normalized spacial score (nSPS) is 19.3. The van der Waals surface area contributed by atoms with Gasteiger partial charge in [-0.3, -0.25) is 4.99 Å². The highest BCUT2D eigenvalue weighted by Gasteiger charge is 2.20. The lowest BCUT2D eigenvalue weighted by molar-refractivity contribution is 0.0625. The van der Waals surface area contributed by atoms with Crippen LogP contribution in [0.4, 0.5) is 0 Å². The van der Waals surface area contributed by atoms with Gasteiger partial charge in [0.1, 0.15) is 0 Å². The Bertz CT molecular complexity index is 535. The van der Waals surface area contributed by atoms with Crippen molar-refractivity contribution in [3.05, 3.63) is 0 Å².